The van der Waals surface area contributed by atoms with Crippen LogP contribution in [-0.2, 0) is 10.2 Å². The minimum Gasteiger partial charge on any atom is -0.481 e. The van der Waals surface area contributed by atoms with Crippen molar-refractivity contribution < 1.29 is 13.9 Å². The normalized spacial score (nSPS) is 18.3. The lowest BCUT2D eigenvalue weighted by Gasteiger charge is -2.37. The summed E-state index contributed by atoms with van der Waals surface area (Å²) in [6.07, 6.45) is 1.67. The molecular weight excluding hydrogens is 347 g/mol. The number of anilines is 1. The molecule has 1 aliphatic heterocycles. The fraction of sp³-hybridized carbons (Fsp3) is 0.450. The number of rotatable bonds is 4. The number of methoxy groups -OCH3 is 1. The van der Waals surface area contributed by atoms with Gasteiger partial charge < -0.3 is 14.5 Å². The zero-order valence-corrected chi connectivity index (χ0v) is 15.6. The number of carbonyl (C=O) groups excluding carboxylic acids is 1. The third kappa shape index (κ3) is 3.34. The van der Waals surface area contributed by atoms with Gasteiger partial charge in [-0.3, -0.25) is 4.79 Å². The molecule has 2 fully saturated rings. The van der Waals surface area contributed by atoms with Crippen molar-refractivity contribution in [3.05, 3.63) is 47.5 Å². The molecule has 1 saturated heterocycles. The highest BCUT2D eigenvalue weighted by Crippen LogP contribution is 2.49. The van der Waals surface area contributed by atoms with Crippen molar-refractivity contribution in [1.29, 1.82) is 0 Å². The molecule has 0 bridgehead atoms. The van der Waals surface area contributed by atoms with Crippen LogP contribution in [0.1, 0.15) is 24.2 Å². The molecule has 0 N–H and O–H groups in total. The number of hydrogen-bond donors (Lipinski definition) is 0. The Labute approximate surface area is 158 Å². The van der Waals surface area contributed by atoms with Gasteiger partial charge in [0.15, 0.2) is 0 Å². The Bertz CT molecular complexity index is 844. The maximum absolute atomic E-state index is 13.2. The van der Waals surface area contributed by atoms with E-state index in [1.165, 1.54) is 12.1 Å². The molecule has 1 aromatic heterocycles. The highest BCUT2D eigenvalue weighted by Gasteiger charge is 2.53. The molecule has 0 unspecified atom stereocenters. The lowest BCUT2D eigenvalue weighted by Crippen LogP contribution is -2.51. The smallest absolute Gasteiger partial charge is 0.233 e. The van der Waals surface area contributed by atoms with E-state index in [1.807, 2.05) is 17.9 Å². The number of amides is 1. The van der Waals surface area contributed by atoms with Gasteiger partial charge in [-0.15, -0.1) is 0 Å². The van der Waals surface area contributed by atoms with E-state index in [2.05, 4.69) is 14.9 Å². The Morgan fingerprint density at radius 1 is 1.11 bits per heavy atom. The summed E-state index contributed by atoms with van der Waals surface area (Å²) < 4.78 is 18.4. The van der Waals surface area contributed by atoms with Crippen LogP contribution in [0.15, 0.2) is 30.3 Å². The Kier molecular flexibility index (Phi) is 4.45. The van der Waals surface area contributed by atoms with Gasteiger partial charge in [0, 0.05) is 32.2 Å². The molecule has 7 heteroatoms. The largest absolute Gasteiger partial charge is 0.481 e. The Hall–Kier alpha value is -2.70. The maximum Gasteiger partial charge on any atom is 0.233 e. The third-order valence-corrected chi connectivity index (χ3v) is 5.46. The molecule has 1 aromatic carbocycles. The molecule has 0 spiro atoms. The predicted octanol–water partition coefficient (Wildman–Crippen LogP) is 2.31. The first-order valence-electron chi connectivity index (χ1n) is 9.22. The van der Waals surface area contributed by atoms with Crippen molar-refractivity contribution in [2.75, 3.05) is 38.2 Å². The molecule has 1 amide bonds. The van der Waals surface area contributed by atoms with Gasteiger partial charge in [0.2, 0.25) is 11.8 Å². The van der Waals surface area contributed by atoms with Crippen LogP contribution in [0, 0.1) is 12.7 Å². The van der Waals surface area contributed by atoms with Gasteiger partial charge in [0.1, 0.15) is 17.5 Å². The number of carbonyl (C=O) groups is 1. The number of halogens is 1. The molecule has 142 valence electrons. The van der Waals surface area contributed by atoms with Crippen LogP contribution in [-0.4, -0.2) is 54.1 Å². The summed E-state index contributed by atoms with van der Waals surface area (Å²) >= 11 is 0. The van der Waals surface area contributed by atoms with Gasteiger partial charge in [-0.1, -0.05) is 12.1 Å². The Balaban J connectivity index is 1.44. The van der Waals surface area contributed by atoms with E-state index in [4.69, 9.17) is 4.74 Å². The third-order valence-electron chi connectivity index (χ3n) is 5.46. The zero-order chi connectivity index (χ0) is 19.0. The fourth-order valence-electron chi connectivity index (χ4n) is 3.75. The van der Waals surface area contributed by atoms with Gasteiger partial charge in [-0.2, -0.15) is 4.98 Å². The molecule has 2 aromatic rings. The Morgan fingerprint density at radius 3 is 2.37 bits per heavy atom. The van der Waals surface area contributed by atoms with Crippen LogP contribution in [0.4, 0.5) is 10.2 Å². The SMILES string of the molecule is COc1cc(N2CCN(C(=O)C3(c4ccc(F)cc4)CC3)CC2)nc(C)n1. The molecule has 6 nitrogen and oxygen atoms in total. The van der Waals surface area contributed by atoms with Gasteiger partial charge in [0.25, 0.3) is 0 Å². The molecule has 1 aliphatic carbocycles. The summed E-state index contributed by atoms with van der Waals surface area (Å²) in [7, 11) is 1.59. The number of aryl methyl sites for hydroxylation is 1. The van der Waals surface area contributed by atoms with Crippen molar-refractivity contribution in [3.8, 4) is 5.88 Å². The number of benzene rings is 1. The van der Waals surface area contributed by atoms with E-state index >= 15 is 0 Å². The van der Waals surface area contributed by atoms with E-state index in [0.717, 1.165) is 24.2 Å². The van der Waals surface area contributed by atoms with E-state index in [9.17, 15) is 9.18 Å². The highest BCUT2D eigenvalue weighted by molar-refractivity contribution is 5.91. The summed E-state index contributed by atoms with van der Waals surface area (Å²) in [6.45, 7) is 4.56. The number of hydrogen-bond acceptors (Lipinski definition) is 5. The van der Waals surface area contributed by atoms with Crippen LogP contribution in [0.25, 0.3) is 0 Å². The van der Waals surface area contributed by atoms with Crippen molar-refractivity contribution in [3.63, 3.8) is 0 Å². The number of aromatic nitrogens is 2. The van der Waals surface area contributed by atoms with Crippen LogP contribution in [0.5, 0.6) is 5.88 Å². The summed E-state index contributed by atoms with van der Waals surface area (Å²) in [5.41, 5.74) is 0.470. The second-order valence-corrected chi connectivity index (χ2v) is 7.18. The van der Waals surface area contributed by atoms with E-state index in [1.54, 1.807) is 19.2 Å². The first-order chi connectivity index (χ1) is 13.0. The minimum absolute atomic E-state index is 0.158. The minimum atomic E-state index is -0.454. The van der Waals surface area contributed by atoms with Gasteiger partial charge >= 0.3 is 0 Å². The number of nitrogens with zero attached hydrogens (tertiary/aromatic N) is 4. The summed E-state index contributed by atoms with van der Waals surface area (Å²) in [5, 5.41) is 0. The quantitative estimate of drug-likeness (QED) is 0.827. The molecule has 4 rings (SSSR count). The second kappa shape index (κ2) is 6.79. The van der Waals surface area contributed by atoms with Crippen LogP contribution in [0.3, 0.4) is 0 Å². The van der Waals surface area contributed by atoms with Crippen LogP contribution < -0.4 is 9.64 Å². The summed E-state index contributed by atoms with van der Waals surface area (Å²) in [5.74, 6) is 1.92. The van der Waals surface area contributed by atoms with E-state index < -0.39 is 5.41 Å². The molecule has 2 aliphatic rings. The zero-order valence-electron chi connectivity index (χ0n) is 15.6. The first-order valence-corrected chi connectivity index (χ1v) is 9.22. The monoisotopic (exact) mass is 370 g/mol. The average Bonchev–Trinajstić information content (AvgIpc) is 3.49. The molecule has 0 atom stereocenters. The standard InChI is InChI=1S/C20H23FN4O2/c1-14-22-17(13-18(23-14)27-2)24-9-11-25(12-10-24)19(26)20(7-8-20)15-3-5-16(21)6-4-15/h3-6,13H,7-12H2,1-2H3. The average molecular weight is 370 g/mol. The van der Waals surface area contributed by atoms with Crippen molar-refractivity contribution in [1.82, 2.24) is 14.9 Å². The second-order valence-electron chi connectivity index (χ2n) is 7.18. The van der Waals surface area contributed by atoms with E-state index in [-0.39, 0.29) is 11.7 Å². The Morgan fingerprint density at radius 2 is 1.78 bits per heavy atom. The van der Waals surface area contributed by atoms with Gasteiger partial charge in [0.05, 0.1) is 12.5 Å². The van der Waals surface area contributed by atoms with Crippen molar-refractivity contribution in [2.45, 2.75) is 25.2 Å². The van der Waals surface area contributed by atoms with Gasteiger partial charge in [-0.05, 0) is 37.5 Å². The first kappa shape index (κ1) is 17.7. The molecule has 0 radical (unpaired) electrons. The van der Waals surface area contributed by atoms with E-state index in [0.29, 0.717) is 37.9 Å². The fourth-order valence-corrected chi connectivity index (χ4v) is 3.75. The maximum atomic E-state index is 13.2. The van der Waals surface area contributed by atoms with Crippen LogP contribution in [0.2, 0.25) is 0 Å². The molecule has 1 saturated carbocycles. The molecule has 2 heterocycles. The summed E-state index contributed by atoms with van der Waals surface area (Å²) in [4.78, 5) is 25.9. The van der Waals surface area contributed by atoms with Crippen LogP contribution >= 0.6 is 0 Å². The number of ether oxygens (including phenoxy) is 1. The number of piperazine rings is 1. The predicted molar refractivity (Wildman–Crippen MR) is 99.4 cm³/mol. The van der Waals surface area contributed by atoms with Crippen molar-refractivity contribution >= 4 is 11.7 Å². The molecular formula is C20H23FN4O2. The topological polar surface area (TPSA) is 58.6 Å². The lowest BCUT2D eigenvalue weighted by atomic mass is 9.94. The van der Waals surface area contributed by atoms with Crippen molar-refractivity contribution in [2.24, 2.45) is 0 Å². The lowest BCUT2D eigenvalue weighted by molar-refractivity contribution is -0.134. The molecule has 27 heavy (non-hydrogen) atoms. The van der Waals surface area contributed by atoms with Gasteiger partial charge in [-0.25, -0.2) is 9.37 Å². The highest BCUT2D eigenvalue weighted by atomic mass is 19.1. The summed E-state index contributed by atoms with van der Waals surface area (Å²) in [6, 6.07) is 8.18.